The Morgan fingerprint density at radius 3 is 2.94 bits per heavy atom. The fraction of sp³-hybridized carbons (Fsp3) is 0.304. The van der Waals surface area contributed by atoms with Crippen LogP contribution in [0.15, 0.2) is 42.1 Å². The van der Waals surface area contributed by atoms with Gasteiger partial charge in [0, 0.05) is 11.4 Å². The summed E-state index contributed by atoms with van der Waals surface area (Å²) < 4.78 is 8.63. The number of hydrogen-bond donors (Lipinski definition) is 1. The molecule has 0 unspecified atom stereocenters. The normalized spacial score (nSPS) is 12.6. The van der Waals surface area contributed by atoms with Crippen LogP contribution in [0.4, 0.5) is 5.00 Å². The second-order valence-electron chi connectivity index (χ2n) is 7.92. The number of amides is 1. The van der Waals surface area contributed by atoms with Crippen molar-refractivity contribution in [3.05, 3.63) is 58.7 Å². The van der Waals surface area contributed by atoms with Crippen molar-refractivity contribution in [2.45, 2.75) is 37.5 Å². The lowest BCUT2D eigenvalue weighted by atomic mass is 10.1. The predicted molar refractivity (Wildman–Crippen MR) is 134 cm³/mol. The van der Waals surface area contributed by atoms with Gasteiger partial charge in [0.1, 0.15) is 17.1 Å². The number of thiophene rings is 1. The number of hydrogen-bond acceptors (Lipinski definition) is 9. The molecule has 0 saturated carbocycles. The van der Waals surface area contributed by atoms with E-state index in [1.165, 1.54) is 30.2 Å². The number of anilines is 1. The van der Waals surface area contributed by atoms with E-state index in [-0.39, 0.29) is 11.7 Å². The van der Waals surface area contributed by atoms with Crippen molar-refractivity contribution in [2.24, 2.45) is 0 Å². The highest BCUT2D eigenvalue weighted by molar-refractivity contribution is 7.99. The topological polar surface area (TPSA) is 117 Å². The predicted octanol–water partition coefficient (Wildman–Crippen LogP) is 3.32. The number of methoxy groups -OCH3 is 1. The monoisotopic (exact) mass is 509 g/mol. The first-order valence-electron chi connectivity index (χ1n) is 11.1. The first-order chi connectivity index (χ1) is 17.1. The molecule has 0 spiro atoms. The Morgan fingerprint density at radius 1 is 1.26 bits per heavy atom. The zero-order chi connectivity index (χ0) is 24.4. The molecular formula is C23H23N7O3S2. The van der Waals surface area contributed by atoms with E-state index < -0.39 is 5.97 Å². The van der Waals surface area contributed by atoms with Crippen LogP contribution >= 0.6 is 23.1 Å². The Bertz CT molecular complexity index is 1420. The lowest BCUT2D eigenvalue weighted by Gasteiger charge is -2.09. The molecule has 180 valence electrons. The van der Waals surface area contributed by atoms with Gasteiger partial charge >= 0.3 is 5.97 Å². The molecule has 1 amide bonds. The number of allylic oxidation sites excluding steroid dienone is 1. The van der Waals surface area contributed by atoms with Crippen molar-refractivity contribution in [3.63, 3.8) is 0 Å². The molecule has 0 saturated heterocycles. The quantitative estimate of drug-likeness (QED) is 0.207. The highest BCUT2D eigenvalue weighted by Gasteiger charge is 2.28. The SMILES string of the molecule is C=CCn1c(Cn2nnc3ccccc32)nnc1SCC(=O)Nc1sc2c(c1C(=O)OC)CCC2. The second kappa shape index (κ2) is 10.0. The molecule has 1 aliphatic carbocycles. The molecule has 0 bridgehead atoms. The zero-order valence-electron chi connectivity index (χ0n) is 19.1. The molecule has 1 N–H and O–H groups in total. The molecule has 0 radical (unpaired) electrons. The Hall–Kier alpha value is -3.51. The molecule has 0 aliphatic heterocycles. The molecule has 3 aromatic heterocycles. The van der Waals surface area contributed by atoms with E-state index in [1.54, 1.807) is 10.8 Å². The first kappa shape index (κ1) is 23.2. The smallest absolute Gasteiger partial charge is 0.341 e. The van der Waals surface area contributed by atoms with Crippen LogP contribution in [0.2, 0.25) is 0 Å². The third-order valence-electron chi connectivity index (χ3n) is 5.71. The number of carbonyl (C=O) groups excluding carboxylic acids is 2. The highest BCUT2D eigenvalue weighted by Crippen LogP contribution is 2.39. The van der Waals surface area contributed by atoms with Gasteiger partial charge in [0.25, 0.3) is 0 Å². The molecule has 0 atom stereocenters. The van der Waals surface area contributed by atoms with Crippen LogP contribution < -0.4 is 5.32 Å². The van der Waals surface area contributed by atoms with Gasteiger partial charge in [-0.05, 0) is 37.0 Å². The van der Waals surface area contributed by atoms with E-state index in [0.29, 0.717) is 34.6 Å². The van der Waals surface area contributed by atoms with Crippen LogP contribution in [0.5, 0.6) is 0 Å². The Kier molecular flexibility index (Phi) is 6.64. The maximum absolute atomic E-state index is 12.8. The summed E-state index contributed by atoms with van der Waals surface area (Å²) in [5, 5.41) is 21.1. The van der Waals surface area contributed by atoms with Crippen LogP contribution in [0.25, 0.3) is 11.0 Å². The summed E-state index contributed by atoms with van der Waals surface area (Å²) in [6.45, 7) is 4.71. The second-order valence-corrected chi connectivity index (χ2v) is 9.97. The molecule has 5 rings (SSSR count). The summed E-state index contributed by atoms with van der Waals surface area (Å²) in [7, 11) is 1.36. The summed E-state index contributed by atoms with van der Waals surface area (Å²) in [6.07, 6.45) is 4.52. The van der Waals surface area contributed by atoms with Gasteiger partial charge < -0.3 is 14.6 Å². The zero-order valence-corrected chi connectivity index (χ0v) is 20.7. The molecule has 1 aromatic carbocycles. The summed E-state index contributed by atoms with van der Waals surface area (Å²) in [4.78, 5) is 26.3. The van der Waals surface area contributed by atoms with Crippen molar-refractivity contribution in [1.29, 1.82) is 0 Å². The van der Waals surface area contributed by atoms with Gasteiger partial charge in [-0.3, -0.25) is 4.79 Å². The van der Waals surface area contributed by atoms with E-state index in [9.17, 15) is 9.59 Å². The fourth-order valence-electron chi connectivity index (χ4n) is 4.13. The molecule has 1 aliphatic rings. The lowest BCUT2D eigenvalue weighted by molar-refractivity contribution is -0.113. The number of thioether (sulfide) groups is 1. The summed E-state index contributed by atoms with van der Waals surface area (Å²) in [5.74, 6) is 0.163. The number of ether oxygens (including phenoxy) is 1. The Labute approximate surface area is 209 Å². The first-order valence-corrected chi connectivity index (χ1v) is 12.9. The van der Waals surface area contributed by atoms with Crippen LogP contribution in [-0.4, -0.2) is 54.5 Å². The minimum atomic E-state index is -0.414. The van der Waals surface area contributed by atoms with Crippen LogP contribution in [-0.2, 0) is 35.5 Å². The number of carbonyl (C=O) groups is 2. The third-order valence-corrected chi connectivity index (χ3v) is 7.89. The van der Waals surface area contributed by atoms with Gasteiger partial charge in [0.2, 0.25) is 5.91 Å². The van der Waals surface area contributed by atoms with Crippen molar-refractivity contribution < 1.29 is 14.3 Å². The molecule has 4 aromatic rings. The molecular weight excluding hydrogens is 486 g/mol. The van der Waals surface area contributed by atoms with Gasteiger partial charge in [-0.25, -0.2) is 9.48 Å². The van der Waals surface area contributed by atoms with Gasteiger partial charge in [0.15, 0.2) is 11.0 Å². The van der Waals surface area contributed by atoms with Gasteiger partial charge in [-0.2, -0.15) is 0 Å². The third kappa shape index (κ3) is 4.58. The number of rotatable bonds is 9. The van der Waals surface area contributed by atoms with Gasteiger partial charge in [-0.1, -0.05) is 35.2 Å². The van der Waals surface area contributed by atoms with Crippen LogP contribution in [0, 0.1) is 0 Å². The highest BCUT2D eigenvalue weighted by atomic mass is 32.2. The molecule has 35 heavy (non-hydrogen) atoms. The molecule has 10 nitrogen and oxygen atoms in total. The number of nitrogens with one attached hydrogen (secondary N) is 1. The molecule has 3 heterocycles. The number of aryl methyl sites for hydroxylation is 1. The number of esters is 1. The van der Waals surface area contributed by atoms with Crippen molar-refractivity contribution in [2.75, 3.05) is 18.2 Å². The maximum Gasteiger partial charge on any atom is 0.341 e. The van der Waals surface area contributed by atoms with E-state index >= 15 is 0 Å². The standard InChI is InChI=1S/C23H23N7O3S2/c1-3-11-29-18(12-30-16-9-5-4-8-15(16)25-28-30)26-27-23(29)34-13-19(31)24-21-20(22(32)33-2)14-7-6-10-17(14)35-21/h3-5,8-9H,1,6-7,10-13H2,2H3,(H,24,31). The Morgan fingerprint density at radius 2 is 2.11 bits per heavy atom. The molecule has 12 heteroatoms. The summed E-state index contributed by atoms with van der Waals surface area (Å²) >= 11 is 2.73. The number of para-hydroxylation sites is 1. The van der Waals surface area contributed by atoms with Crippen LogP contribution in [0.3, 0.4) is 0 Å². The van der Waals surface area contributed by atoms with E-state index in [1.807, 2.05) is 28.8 Å². The van der Waals surface area contributed by atoms with Crippen molar-refractivity contribution in [1.82, 2.24) is 29.8 Å². The number of benzene rings is 1. The van der Waals surface area contributed by atoms with Crippen molar-refractivity contribution >= 4 is 51.0 Å². The van der Waals surface area contributed by atoms with Gasteiger partial charge in [0.05, 0.1) is 23.9 Å². The molecule has 0 fully saturated rings. The summed E-state index contributed by atoms with van der Waals surface area (Å²) in [5.41, 5.74) is 3.19. The summed E-state index contributed by atoms with van der Waals surface area (Å²) in [6, 6.07) is 7.71. The largest absolute Gasteiger partial charge is 0.465 e. The Balaban J connectivity index is 1.30. The average Bonchev–Trinajstić information content (AvgIpc) is 3.63. The lowest BCUT2D eigenvalue weighted by Crippen LogP contribution is -2.17. The average molecular weight is 510 g/mol. The van der Waals surface area contributed by atoms with E-state index in [4.69, 9.17) is 4.74 Å². The van der Waals surface area contributed by atoms with E-state index in [0.717, 1.165) is 40.7 Å². The number of aromatic nitrogens is 6. The maximum atomic E-state index is 12.8. The fourth-order valence-corrected chi connectivity index (χ4v) is 6.19. The minimum absolute atomic E-state index is 0.116. The number of nitrogens with zero attached hydrogens (tertiary/aromatic N) is 6. The van der Waals surface area contributed by atoms with Crippen molar-refractivity contribution in [3.8, 4) is 0 Å². The number of fused-ring (bicyclic) bond motifs is 2. The van der Waals surface area contributed by atoms with Crippen LogP contribution in [0.1, 0.15) is 33.0 Å². The minimum Gasteiger partial charge on any atom is -0.465 e. The van der Waals surface area contributed by atoms with E-state index in [2.05, 4.69) is 32.4 Å². The van der Waals surface area contributed by atoms with Gasteiger partial charge in [-0.15, -0.1) is 33.2 Å².